The average molecular weight is 123 g/mol. The van der Waals surface area contributed by atoms with E-state index in [1.165, 1.54) is 0 Å². The Morgan fingerprint density at radius 1 is 1.89 bits per heavy atom. The summed E-state index contributed by atoms with van der Waals surface area (Å²) in [6, 6.07) is 1.64. The second kappa shape index (κ2) is 2.27. The van der Waals surface area contributed by atoms with Crippen molar-refractivity contribution in [1.29, 1.82) is 5.39 Å². The van der Waals surface area contributed by atoms with E-state index in [-0.39, 0.29) is 0 Å². The molecule has 0 bridgehead atoms. The van der Waals surface area contributed by atoms with E-state index in [1.54, 1.807) is 16.9 Å². The first-order valence-electron chi connectivity index (χ1n) is 2.75. The maximum Gasteiger partial charge on any atom is 0.487 e. The van der Waals surface area contributed by atoms with Gasteiger partial charge in [0.15, 0.2) is 0 Å². The molecule has 0 aliphatic carbocycles. The molecular formula is C5H7N4+. The summed E-state index contributed by atoms with van der Waals surface area (Å²) in [4.78, 5) is 2.91. The van der Waals surface area contributed by atoms with Gasteiger partial charge >= 0.3 is 5.82 Å². The maximum absolute atomic E-state index is 8.20. The van der Waals surface area contributed by atoms with Crippen molar-refractivity contribution in [2.75, 3.05) is 0 Å². The summed E-state index contributed by atoms with van der Waals surface area (Å²) >= 11 is 0. The van der Waals surface area contributed by atoms with Crippen molar-refractivity contribution in [3.8, 4) is 0 Å². The van der Waals surface area contributed by atoms with Gasteiger partial charge in [0.25, 0.3) is 0 Å². The molecule has 1 aromatic rings. The van der Waals surface area contributed by atoms with Crippen molar-refractivity contribution in [3.63, 3.8) is 0 Å². The number of aromatic nitrogens is 2. The molecule has 0 aliphatic rings. The molecule has 9 heavy (non-hydrogen) atoms. The minimum Gasteiger partial charge on any atom is -0.179 e. The van der Waals surface area contributed by atoms with E-state index >= 15 is 0 Å². The third kappa shape index (κ3) is 1.05. The lowest BCUT2D eigenvalue weighted by Crippen LogP contribution is -1.91. The summed E-state index contributed by atoms with van der Waals surface area (Å²) in [6.45, 7) is 2.77. The van der Waals surface area contributed by atoms with Crippen LogP contribution >= 0.6 is 0 Å². The summed E-state index contributed by atoms with van der Waals surface area (Å²) in [5.74, 6) is 0.358. The summed E-state index contributed by atoms with van der Waals surface area (Å²) in [6.07, 6.45) is 1.76. The van der Waals surface area contributed by atoms with E-state index in [0.29, 0.717) is 5.82 Å². The van der Waals surface area contributed by atoms with Gasteiger partial charge in [-0.1, -0.05) is 0 Å². The molecule has 0 aliphatic heterocycles. The van der Waals surface area contributed by atoms with E-state index in [4.69, 9.17) is 5.39 Å². The number of rotatable bonds is 1. The molecule has 0 fully saturated rings. The van der Waals surface area contributed by atoms with E-state index < -0.39 is 0 Å². The van der Waals surface area contributed by atoms with Crippen LogP contribution in [0.1, 0.15) is 6.92 Å². The van der Waals surface area contributed by atoms with E-state index in [0.717, 1.165) is 6.54 Å². The fraction of sp³-hybridized carbons (Fsp3) is 0.400. The van der Waals surface area contributed by atoms with Crippen molar-refractivity contribution in [2.24, 2.45) is 0 Å². The Kier molecular flexibility index (Phi) is 1.45. The van der Waals surface area contributed by atoms with Gasteiger partial charge in [-0.3, -0.25) is 0 Å². The summed E-state index contributed by atoms with van der Waals surface area (Å²) in [7, 11) is 0. The second-order valence-corrected chi connectivity index (χ2v) is 1.63. The lowest BCUT2D eigenvalue weighted by atomic mass is 10.7. The lowest BCUT2D eigenvalue weighted by Gasteiger charge is -1.79. The Hall–Kier alpha value is -1.37. The third-order valence-corrected chi connectivity index (χ3v) is 1.05. The standard InChI is InChI=1S/C5H7N4/c1-2-9-4-3-5(7-6)8-9/h3-4H,2H2,1H3/q+1. The summed E-state index contributed by atoms with van der Waals surface area (Å²) < 4.78 is 1.69. The van der Waals surface area contributed by atoms with Crippen LogP contribution in [-0.4, -0.2) is 9.78 Å². The predicted octanol–water partition coefficient (Wildman–Crippen LogP) is 1.39. The highest BCUT2D eigenvalue weighted by Gasteiger charge is 2.06. The van der Waals surface area contributed by atoms with Gasteiger partial charge in [-0.15, -0.1) is 0 Å². The zero-order valence-corrected chi connectivity index (χ0v) is 5.15. The van der Waals surface area contributed by atoms with Crippen LogP contribution in [0.3, 0.4) is 0 Å². The fourth-order valence-electron chi connectivity index (χ4n) is 0.580. The van der Waals surface area contributed by atoms with Gasteiger partial charge in [0.1, 0.15) is 0 Å². The monoisotopic (exact) mass is 123 g/mol. The number of nitrogens with zero attached hydrogens (tertiary/aromatic N) is 4. The fourth-order valence-corrected chi connectivity index (χ4v) is 0.580. The Bertz CT molecular complexity index is 231. The molecule has 0 saturated heterocycles. The Morgan fingerprint density at radius 3 is 3.00 bits per heavy atom. The van der Waals surface area contributed by atoms with Crippen LogP contribution in [0.5, 0.6) is 0 Å². The van der Waals surface area contributed by atoms with Gasteiger partial charge in [-0.2, -0.15) is 4.68 Å². The maximum atomic E-state index is 8.20. The van der Waals surface area contributed by atoms with Crippen LogP contribution in [0.4, 0.5) is 5.82 Å². The first-order valence-corrected chi connectivity index (χ1v) is 2.75. The number of hydrogen-bond donors (Lipinski definition) is 0. The number of hydrogen-bond acceptors (Lipinski definition) is 2. The van der Waals surface area contributed by atoms with Gasteiger partial charge in [0, 0.05) is 4.98 Å². The van der Waals surface area contributed by atoms with Gasteiger partial charge in [0.05, 0.1) is 29.3 Å². The van der Waals surface area contributed by atoms with Crippen molar-refractivity contribution in [2.45, 2.75) is 13.5 Å². The molecule has 46 valence electrons. The molecule has 4 heteroatoms. The number of aryl methyl sites for hydroxylation is 1. The highest BCUT2D eigenvalue weighted by molar-refractivity contribution is 5.31. The molecule has 4 nitrogen and oxygen atoms in total. The molecule has 1 rings (SSSR count). The highest BCUT2D eigenvalue weighted by atomic mass is 15.3. The van der Waals surface area contributed by atoms with Crippen LogP contribution in [0.2, 0.25) is 0 Å². The predicted molar refractivity (Wildman–Crippen MR) is 32.6 cm³/mol. The minimum absolute atomic E-state index is 0.358. The van der Waals surface area contributed by atoms with E-state index in [9.17, 15) is 0 Å². The molecule has 0 unspecified atom stereocenters. The van der Waals surface area contributed by atoms with Crippen molar-refractivity contribution < 1.29 is 0 Å². The van der Waals surface area contributed by atoms with Gasteiger partial charge in [-0.05, 0) is 6.92 Å². The highest BCUT2D eigenvalue weighted by Crippen LogP contribution is 2.04. The Labute approximate surface area is 52.7 Å². The lowest BCUT2D eigenvalue weighted by molar-refractivity contribution is 0.663. The van der Waals surface area contributed by atoms with E-state index in [1.807, 2.05) is 6.92 Å². The van der Waals surface area contributed by atoms with Crippen LogP contribution in [0, 0.1) is 5.39 Å². The summed E-state index contributed by atoms with van der Waals surface area (Å²) in [5, 5.41) is 12.0. The van der Waals surface area contributed by atoms with Crippen molar-refractivity contribution >= 4 is 5.82 Å². The molecule has 1 aromatic heterocycles. The normalized spacial score (nSPS) is 8.89. The minimum atomic E-state index is 0.358. The first-order chi connectivity index (χ1) is 4.36. The SMILES string of the molecule is CCn1ccc([N+]#N)n1. The molecule has 0 aromatic carbocycles. The molecule has 0 atom stereocenters. The smallest absolute Gasteiger partial charge is 0.179 e. The van der Waals surface area contributed by atoms with Crippen molar-refractivity contribution in [3.05, 3.63) is 17.2 Å². The van der Waals surface area contributed by atoms with Gasteiger partial charge in [-0.25, -0.2) is 0 Å². The molecule has 0 radical (unpaired) electrons. The Morgan fingerprint density at radius 2 is 2.67 bits per heavy atom. The third-order valence-electron chi connectivity index (χ3n) is 1.05. The Balaban J connectivity index is 2.90. The largest absolute Gasteiger partial charge is 0.487 e. The molecule has 1 heterocycles. The van der Waals surface area contributed by atoms with Crippen LogP contribution < -0.4 is 0 Å². The van der Waals surface area contributed by atoms with Crippen molar-refractivity contribution in [1.82, 2.24) is 9.78 Å². The molecule has 0 N–H and O–H groups in total. The second-order valence-electron chi connectivity index (χ2n) is 1.63. The van der Waals surface area contributed by atoms with Crippen LogP contribution in [0.25, 0.3) is 4.98 Å². The first kappa shape index (κ1) is 5.76. The van der Waals surface area contributed by atoms with Gasteiger partial charge < -0.3 is 0 Å². The molecule has 0 spiro atoms. The number of diazo groups is 1. The average Bonchev–Trinajstić information content (AvgIpc) is 2.34. The van der Waals surface area contributed by atoms with Crippen LogP contribution in [-0.2, 0) is 6.54 Å². The molecular weight excluding hydrogens is 116 g/mol. The zero-order valence-electron chi connectivity index (χ0n) is 5.15. The van der Waals surface area contributed by atoms with Crippen LogP contribution in [0.15, 0.2) is 12.3 Å². The zero-order chi connectivity index (χ0) is 6.69. The summed E-state index contributed by atoms with van der Waals surface area (Å²) in [5.41, 5.74) is 0. The molecule has 0 saturated carbocycles. The quantitative estimate of drug-likeness (QED) is 0.529. The topological polar surface area (TPSA) is 46.0 Å². The van der Waals surface area contributed by atoms with Gasteiger partial charge in [0.2, 0.25) is 0 Å². The molecule has 0 amide bonds. The van der Waals surface area contributed by atoms with E-state index in [2.05, 4.69) is 10.1 Å².